The molecule has 0 bridgehead atoms. The molecule has 5 nitrogen and oxygen atoms in total. The van der Waals surface area contributed by atoms with Crippen LogP contribution in [0.3, 0.4) is 0 Å². The maximum atomic E-state index is 12.0. The van der Waals surface area contributed by atoms with Crippen molar-refractivity contribution in [3.05, 3.63) is 35.4 Å². The summed E-state index contributed by atoms with van der Waals surface area (Å²) in [5.74, 6) is -0.0269. The zero-order valence-corrected chi connectivity index (χ0v) is 14.0. The van der Waals surface area contributed by atoms with E-state index in [4.69, 9.17) is 10.5 Å². The largest absolute Gasteiger partial charge is 0.373 e. The summed E-state index contributed by atoms with van der Waals surface area (Å²) >= 11 is 0. The average molecular weight is 317 g/mol. The number of morpholine rings is 1. The predicted octanol–water partition coefficient (Wildman–Crippen LogP) is 1.40. The molecule has 23 heavy (non-hydrogen) atoms. The Morgan fingerprint density at radius 3 is 2.48 bits per heavy atom. The van der Waals surface area contributed by atoms with Gasteiger partial charge >= 0.3 is 0 Å². The number of hydrogen-bond acceptors (Lipinski definition) is 4. The molecule has 1 heterocycles. The number of nitrogens with one attached hydrogen (secondary N) is 1. The maximum Gasteiger partial charge on any atom is 0.240 e. The first kappa shape index (κ1) is 16.4. The van der Waals surface area contributed by atoms with Crippen molar-refractivity contribution in [3.63, 3.8) is 0 Å². The van der Waals surface area contributed by atoms with Crippen LogP contribution < -0.4 is 11.1 Å². The van der Waals surface area contributed by atoms with Crippen LogP contribution in [0.2, 0.25) is 0 Å². The number of nitrogens with zero attached hydrogens (tertiary/aromatic N) is 1. The molecule has 0 unspecified atom stereocenters. The molecule has 2 atom stereocenters. The molecule has 1 saturated carbocycles. The fourth-order valence-electron chi connectivity index (χ4n) is 3.25. The van der Waals surface area contributed by atoms with Crippen molar-refractivity contribution in [2.75, 3.05) is 13.1 Å². The molecule has 5 heteroatoms. The van der Waals surface area contributed by atoms with Gasteiger partial charge in [-0.15, -0.1) is 0 Å². The highest BCUT2D eigenvalue weighted by Gasteiger charge is 2.45. The van der Waals surface area contributed by atoms with Gasteiger partial charge in [0.25, 0.3) is 0 Å². The van der Waals surface area contributed by atoms with Gasteiger partial charge in [-0.1, -0.05) is 24.3 Å². The van der Waals surface area contributed by atoms with E-state index in [0.717, 1.165) is 38.0 Å². The van der Waals surface area contributed by atoms with Crippen LogP contribution in [0.5, 0.6) is 0 Å². The van der Waals surface area contributed by atoms with E-state index >= 15 is 0 Å². The molecule has 2 fully saturated rings. The first-order valence-corrected chi connectivity index (χ1v) is 8.48. The molecule has 126 valence electrons. The third kappa shape index (κ3) is 4.10. The van der Waals surface area contributed by atoms with E-state index in [2.05, 4.69) is 42.3 Å². The van der Waals surface area contributed by atoms with E-state index in [9.17, 15) is 4.79 Å². The van der Waals surface area contributed by atoms with Gasteiger partial charge in [-0.2, -0.15) is 0 Å². The van der Waals surface area contributed by atoms with Crippen LogP contribution in [0.15, 0.2) is 24.3 Å². The van der Waals surface area contributed by atoms with Gasteiger partial charge < -0.3 is 15.8 Å². The van der Waals surface area contributed by atoms with Crippen LogP contribution in [-0.2, 0) is 22.6 Å². The lowest BCUT2D eigenvalue weighted by Crippen LogP contribution is -2.45. The summed E-state index contributed by atoms with van der Waals surface area (Å²) in [6, 6.07) is 8.30. The first-order chi connectivity index (χ1) is 11.0. The average Bonchev–Trinajstić information content (AvgIpc) is 3.24. The molecule has 3 rings (SSSR count). The standard InChI is InChI=1S/C18H27N3O2/c1-13-10-21(11-14(2)23-13)12-16-6-4-3-5-15(16)9-20-17(22)18(19)7-8-18/h3-6,13-14H,7-12,19H2,1-2H3,(H,20,22)/t13-,14-/m1/s1. The van der Waals surface area contributed by atoms with E-state index in [1.807, 2.05) is 6.07 Å². The Bertz CT molecular complexity index is 561. The van der Waals surface area contributed by atoms with E-state index in [1.54, 1.807) is 0 Å². The van der Waals surface area contributed by atoms with Crippen LogP contribution in [0.25, 0.3) is 0 Å². The smallest absolute Gasteiger partial charge is 0.240 e. The molecule has 2 aliphatic rings. The number of hydrogen-bond donors (Lipinski definition) is 2. The van der Waals surface area contributed by atoms with Crippen molar-refractivity contribution >= 4 is 5.91 Å². The Labute approximate surface area is 138 Å². The molecule has 3 N–H and O–H groups in total. The van der Waals surface area contributed by atoms with Crippen LogP contribution in [0.1, 0.15) is 37.8 Å². The van der Waals surface area contributed by atoms with Crippen LogP contribution >= 0.6 is 0 Å². The minimum absolute atomic E-state index is 0.0269. The minimum Gasteiger partial charge on any atom is -0.373 e. The number of amides is 1. The van der Waals surface area contributed by atoms with E-state index in [1.165, 1.54) is 5.56 Å². The maximum absolute atomic E-state index is 12.0. The topological polar surface area (TPSA) is 67.6 Å². The van der Waals surface area contributed by atoms with Crippen molar-refractivity contribution in [3.8, 4) is 0 Å². The fraction of sp³-hybridized carbons (Fsp3) is 0.611. The molecule has 1 aliphatic heterocycles. The predicted molar refractivity (Wildman–Crippen MR) is 89.7 cm³/mol. The van der Waals surface area contributed by atoms with Crippen LogP contribution in [0, 0.1) is 0 Å². The Morgan fingerprint density at radius 1 is 1.26 bits per heavy atom. The highest BCUT2D eigenvalue weighted by atomic mass is 16.5. The highest BCUT2D eigenvalue weighted by Crippen LogP contribution is 2.32. The monoisotopic (exact) mass is 317 g/mol. The second kappa shape index (κ2) is 6.59. The number of carbonyl (C=O) groups excluding carboxylic acids is 1. The summed E-state index contributed by atoms with van der Waals surface area (Å²) in [4.78, 5) is 14.4. The quantitative estimate of drug-likeness (QED) is 0.861. The Balaban J connectivity index is 1.62. The van der Waals surface area contributed by atoms with Gasteiger partial charge in [0, 0.05) is 26.2 Å². The molecule has 0 spiro atoms. The van der Waals surface area contributed by atoms with Gasteiger partial charge in [0.1, 0.15) is 0 Å². The van der Waals surface area contributed by atoms with Gasteiger partial charge in [0.2, 0.25) is 5.91 Å². The molecule has 1 aliphatic carbocycles. The molecule has 0 aromatic heterocycles. The molecule has 1 saturated heterocycles. The van der Waals surface area contributed by atoms with Crippen molar-refractivity contribution in [2.45, 2.75) is 57.5 Å². The van der Waals surface area contributed by atoms with Crippen molar-refractivity contribution in [1.29, 1.82) is 0 Å². The highest BCUT2D eigenvalue weighted by molar-refractivity contribution is 5.88. The summed E-state index contributed by atoms with van der Waals surface area (Å²) in [6.07, 6.45) is 2.11. The summed E-state index contributed by atoms with van der Waals surface area (Å²) in [5, 5.41) is 2.99. The SMILES string of the molecule is C[C@@H]1CN(Cc2ccccc2CNC(=O)C2(N)CC2)C[C@@H](C)O1. The number of rotatable bonds is 5. The molecule has 1 amide bonds. The zero-order valence-electron chi connectivity index (χ0n) is 14.0. The summed E-state index contributed by atoms with van der Waals surface area (Å²) < 4.78 is 5.80. The second-order valence-corrected chi connectivity index (χ2v) is 7.06. The fourth-order valence-corrected chi connectivity index (χ4v) is 3.25. The van der Waals surface area contributed by atoms with Crippen molar-refractivity contribution in [1.82, 2.24) is 10.2 Å². The Hall–Kier alpha value is -1.43. The van der Waals surface area contributed by atoms with E-state index in [0.29, 0.717) is 6.54 Å². The van der Waals surface area contributed by atoms with Crippen LogP contribution in [0.4, 0.5) is 0 Å². The lowest BCUT2D eigenvalue weighted by molar-refractivity contribution is -0.123. The summed E-state index contributed by atoms with van der Waals surface area (Å²) in [6.45, 7) is 7.55. The van der Waals surface area contributed by atoms with Crippen molar-refractivity contribution in [2.24, 2.45) is 5.73 Å². The lowest BCUT2D eigenvalue weighted by atomic mass is 10.1. The number of benzene rings is 1. The van der Waals surface area contributed by atoms with Gasteiger partial charge in [0.05, 0.1) is 17.7 Å². The Kier molecular flexibility index (Phi) is 4.71. The molecule has 1 aromatic rings. The van der Waals surface area contributed by atoms with Gasteiger partial charge in [-0.3, -0.25) is 9.69 Å². The van der Waals surface area contributed by atoms with Gasteiger partial charge in [0.15, 0.2) is 0 Å². The van der Waals surface area contributed by atoms with E-state index in [-0.39, 0.29) is 18.1 Å². The number of nitrogens with two attached hydrogens (primary N) is 1. The third-order valence-electron chi connectivity index (χ3n) is 4.69. The Morgan fingerprint density at radius 2 is 1.87 bits per heavy atom. The lowest BCUT2D eigenvalue weighted by Gasteiger charge is -2.35. The molecule has 0 radical (unpaired) electrons. The zero-order chi connectivity index (χ0) is 16.4. The molecular formula is C18H27N3O2. The van der Waals surface area contributed by atoms with Gasteiger partial charge in [-0.25, -0.2) is 0 Å². The normalized spacial score (nSPS) is 26.7. The first-order valence-electron chi connectivity index (χ1n) is 8.48. The minimum atomic E-state index is -0.607. The summed E-state index contributed by atoms with van der Waals surface area (Å²) in [7, 11) is 0. The molecular weight excluding hydrogens is 290 g/mol. The second-order valence-electron chi connectivity index (χ2n) is 7.06. The number of ether oxygens (including phenoxy) is 1. The van der Waals surface area contributed by atoms with Crippen molar-refractivity contribution < 1.29 is 9.53 Å². The van der Waals surface area contributed by atoms with Crippen LogP contribution in [-0.4, -0.2) is 41.6 Å². The van der Waals surface area contributed by atoms with E-state index < -0.39 is 5.54 Å². The number of carbonyl (C=O) groups is 1. The van der Waals surface area contributed by atoms with Gasteiger partial charge in [-0.05, 0) is 37.8 Å². The third-order valence-corrected chi connectivity index (χ3v) is 4.69. The molecule has 1 aromatic carbocycles. The summed E-state index contributed by atoms with van der Waals surface area (Å²) in [5.41, 5.74) is 7.75.